The van der Waals surface area contributed by atoms with Crippen molar-refractivity contribution in [3.8, 4) is 5.75 Å². The zero-order valence-electron chi connectivity index (χ0n) is 20.9. The van der Waals surface area contributed by atoms with E-state index >= 15 is 0 Å². The van der Waals surface area contributed by atoms with Gasteiger partial charge in [-0.25, -0.2) is 4.79 Å². The van der Waals surface area contributed by atoms with Crippen molar-refractivity contribution in [2.24, 2.45) is 17.8 Å². The van der Waals surface area contributed by atoms with Gasteiger partial charge in [-0.2, -0.15) is 0 Å². The molecule has 1 aromatic rings. The Morgan fingerprint density at radius 1 is 1.25 bits per heavy atom. The number of likely N-dealkylation sites (N-methyl/N-ethyl adjacent to an activating group) is 1. The van der Waals surface area contributed by atoms with E-state index in [1.165, 1.54) is 24.0 Å². The molecule has 2 fully saturated rings. The van der Waals surface area contributed by atoms with Crippen molar-refractivity contribution in [2.45, 2.75) is 83.8 Å². The number of hydrogen-bond donors (Lipinski definition) is 1. The molecule has 32 heavy (non-hydrogen) atoms. The molecule has 0 spiro atoms. The summed E-state index contributed by atoms with van der Waals surface area (Å²) in [7, 11) is 2.31. The molecule has 1 aliphatic heterocycles. The minimum atomic E-state index is -0.441. The van der Waals surface area contributed by atoms with Crippen LogP contribution < -0.4 is 0 Å². The van der Waals surface area contributed by atoms with Crippen molar-refractivity contribution < 1.29 is 14.6 Å². The first kappa shape index (κ1) is 23.4. The molecule has 3 aliphatic rings. The maximum Gasteiger partial charge on any atom is 0.410 e. The molecule has 1 N–H and O–H groups in total. The highest BCUT2D eigenvalue weighted by Gasteiger charge is 2.52. The van der Waals surface area contributed by atoms with Crippen LogP contribution in [-0.2, 0) is 16.6 Å². The molecule has 1 saturated carbocycles. The summed E-state index contributed by atoms with van der Waals surface area (Å²) < 4.78 is 5.56. The van der Waals surface area contributed by atoms with Crippen LogP contribution in [0, 0.1) is 17.8 Å². The molecule has 4 atom stereocenters. The molecule has 178 valence electrons. The van der Waals surface area contributed by atoms with Gasteiger partial charge in [-0.3, -0.25) is 0 Å². The van der Waals surface area contributed by atoms with Gasteiger partial charge < -0.3 is 19.6 Å². The van der Waals surface area contributed by atoms with Crippen molar-refractivity contribution in [1.29, 1.82) is 0 Å². The largest absolute Gasteiger partial charge is 0.508 e. The van der Waals surface area contributed by atoms with Crippen molar-refractivity contribution in [1.82, 2.24) is 9.80 Å². The van der Waals surface area contributed by atoms with E-state index in [9.17, 15) is 9.90 Å². The molecule has 0 radical (unpaired) electrons. The Bertz CT molecular complexity index is 840. The summed E-state index contributed by atoms with van der Waals surface area (Å²) in [6, 6.07) is 6.52. The minimum absolute atomic E-state index is 0.0788. The maximum absolute atomic E-state index is 12.4. The first-order valence-electron chi connectivity index (χ1n) is 12.5. The fourth-order valence-electron chi connectivity index (χ4n) is 6.77. The first-order valence-corrected chi connectivity index (χ1v) is 12.5. The predicted molar refractivity (Wildman–Crippen MR) is 128 cm³/mol. The average Bonchev–Trinajstić information content (AvgIpc) is 2.71. The molecule has 4 unspecified atom stereocenters. The standard InChI is InChI=1S/C27H42N2O3/c1-18-9-12-27(5)23-16-21(30)8-7-20(23)15-22(18)24(27)28(6)17-19-10-13-29(14-11-19)25(31)32-26(2,3)4/h7-8,16,18-19,22,24,30H,9-15,17H2,1-6H3. The molecule has 1 aromatic carbocycles. The number of likely N-dealkylation sites (tertiary alicyclic amines) is 1. The minimum Gasteiger partial charge on any atom is -0.508 e. The summed E-state index contributed by atoms with van der Waals surface area (Å²) in [4.78, 5) is 16.9. The number of benzene rings is 1. The fourth-order valence-corrected chi connectivity index (χ4v) is 6.77. The Morgan fingerprint density at radius 3 is 2.59 bits per heavy atom. The number of aromatic hydroxyl groups is 1. The fraction of sp³-hybridized carbons (Fsp3) is 0.741. The molecule has 1 heterocycles. The monoisotopic (exact) mass is 442 g/mol. The molecule has 5 heteroatoms. The Labute approximate surface area is 194 Å². The summed E-state index contributed by atoms with van der Waals surface area (Å²) in [5, 5.41) is 10.2. The molecule has 2 aliphatic carbocycles. The van der Waals surface area contributed by atoms with Crippen LogP contribution in [0.5, 0.6) is 5.75 Å². The Hall–Kier alpha value is -1.75. The number of rotatable bonds is 3. The Morgan fingerprint density at radius 2 is 1.94 bits per heavy atom. The second-order valence-electron chi connectivity index (χ2n) is 11.9. The van der Waals surface area contributed by atoms with E-state index in [4.69, 9.17) is 4.74 Å². The van der Waals surface area contributed by atoms with Crippen LogP contribution in [0.2, 0.25) is 0 Å². The van der Waals surface area contributed by atoms with Crippen LogP contribution in [0.25, 0.3) is 0 Å². The quantitative estimate of drug-likeness (QED) is 0.699. The lowest BCUT2D eigenvalue weighted by atomic mass is 9.54. The molecule has 5 nitrogen and oxygen atoms in total. The van der Waals surface area contributed by atoms with Crippen LogP contribution in [0.4, 0.5) is 4.79 Å². The van der Waals surface area contributed by atoms with E-state index in [1.807, 2.05) is 37.8 Å². The number of phenolic OH excluding ortho intramolecular Hbond substituents is 1. The zero-order valence-corrected chi connectivity index (χ0v) is 20.9. The lowest BCUT2D eigenvalue weighted by Gasteiger charge is -2.57. The van der Waals surface area contributed by atoms with Crippen LogP contribution in [-0.4, -0.2) is 59.3 Å². The van der Waals surface area contributed by atoms with Gasteiger partial charge in [0.25, 0.3) is 0 Å². The smallest absolute Gasteiger partial charge is 0.410 e. The van der Waals surface area contributed by atoms with E-state index in [0.29, 0.717) is 29.5 Å². The average molecular weight is 443 g/mol. The van der Waals surface area contributed by atoms with Crippen molar-refractivity contribution in [3.05, 3.63) is 29.3 Å². The summed E-state index contributed by atoms with van der Waals surface area (Å²) >= 11 is 0. The Balaban J connectivity index is 1.44. The number of piperidine rings is 1. The van der Waals surface area contributed by atoms with E-state index in [0.717, 1.165) is 38.9 Å². The molecular weight excluding hydrogens is 400 g/mol. The third kappa shape index (κ3) is 4.50. The van der Waals surface area contributed by atoms with Crippen molar-refractivity contribution in [3.63, 3.8) is 0 Å². The summed E-state index contributed by atoms with van der Waals surface area (Å²) in [6.07, 6.45) is 5.43. The van der Waals surface area contributed by atoms with Gasteiger partial charge in [0.2, 0.25) is 0 Å². The van der Waals surface area contributed by atoms with Gasteiger partial charge in [-0.1, -0.05) is 19.9 Å². The number of nitrogens with zero attached hydrogens (tertiary/aromatic N) is 2. The lowest BCUT2D eigenvalue weighted by Crippen LogP contribution is -2.60. The third-order valence-corrected chi connectivity index (χ3v) is 8.36. The number of carbonyl (C=O) groups is 1. The molecule has 0 aromatic heterocycles. The van der Waals surface area contributed by atoms with Crippen molar-refractivity contribution in [2.75, 3.05) is 26.7 Å². The highest BCUT2D eigenvalue weighted by Crippen LogP contribution is 2.53. The highest BCUT2D eigenvalue weighted by atomic mass is 16.6. The molecular formula is C27H42N2O3. The molecule has 4 rings (SSSR count). The third-order valence-electron chi connectivity index (χ3n) is 8.36. The van der Waals surface area contributed by atoms with E-state index in [-0.39, 0.29) is 11.5 Å². The van der Waals surface area contributed by atoms with Crippen LogP contribution in [0.15, 0.2) is 18.2 Å². The number of amides is 1. The SMILES string of the molecule is CC1CCC2(C)c3cc(O)ccc3CC1C2N(C)CC1CCN(C(=O)OC(C)(C)C)CC1. The van der Waals surface area contributed by atoms with E-state index in [1.54, 1.807) is 0 Å². The highest BCUT2D eigenvalue weighted by molar-refractivity contribution is 5.68. The zero-order chi connectivity index (χ0) is 23.3. The molecule has 1 saturated heterocycles. The second kappa shape index (κ2) is 8.55. The van der Waals surface area contributed by atoms with Crippen LogP contribution >= 0.6 is 0 Å². The number of hydrogen-bond acceptors (Lipinski definition) is 4. The number of ether oxygens (including phenoxy) is 1. The molecule has 1 amide bonds. The van der Waals surface area contributed by atoms with E-state index in [2.05, 4.69) is 31.9 Å². The Kier molecular flexibility index (Phi) is 6.26. The van der Waals surface area contributed by atoms with Crippen LogP contribution in [0.1, 0.15) is 71.4 Å². The maximum atomic E-state index is 12.4. The predicted octanol–water partition coefficient (Wildman–Crippen LogP) is 5.20. The van der Waals surface area contributed by atoms with Gasteiger partial charge in [0.15, 0.2) is 0 Å². The molecule has 2 bridgehead atoms. The van der Waals surface area contributed by atoms with Gasteiger partial charge in [-0.15, -0.1) is 0 Å². The summed E-state index contributed by atoms with van der Waals surface area (Å²) in [5.74, 6) is 2.35. The summed E-state index contributed by atoms with van der Waals surface area (Å²) in [6.45, 7) is 13.3. The van der Waals surface area contributed by atoms with Gasteiger partial charge in [-0.05, 0) is 101 Å². The van der Waals surface area contributed by atoms with Gasteiger partial charge in [0.1, 0.15) is 11.4 Å². The number of carbonyl (C=O) groups excluding carboxylic acids is 1. The van der Waals surface area contributed by atoms with Crippen LogP contribution in [0.3, 0.4) is 0 Å². The second-order valence-corrected chi connectivity index (χ2v) is 11.9. The van der Waals surface area contributed by atoms with Crippen molar-refractivity contribution >= 4 is 6.09 Å². The van der Waals surface area contributed by atoms with Gasteiger partial charge in [0, 0.05) is 31.1 Å². The first-order chi connectivity index (χ1) is 15.0. The number of fused-ring (bicyclic) bond motifs is 4. The topological polar surface area (TPSA) is 53.0 Å². The number of phenols is 1. The normalized spacial score (nSPS) is 30.8. The van der Waals surface area contributed by atoms with Gasteiger partial charge in [0.05, 0.1) is 0 Å². The van der Waals surface area contributed by atoms with E-state index < -0.39 is 5.60 Å². The lowest BCUT2D eigenvalue weighted by molar-refractivity contribution is -0.00271. The van der Waals surface area contributed by atoms with Gasteiger partial charge >= 0.3 is 6.09 Å². The summed E-state index contributed by atoms with van der Waals surface area (Å²) in [5.41, 5.74) is 2.42.